The third-order valence-corrected chi connectivity index (χ3v) is 2.20. The van der Waals surface area contributed by atoms with Gasteiger partial charge in [0, 0.05) is 11.9 Å². The number of carbonyl (C=O) groups is 2. The second kappa shape index (κ2) is 5.21. The van der Waals surface area contributed by atoms with Crippen LogP contribution in [0.15, 0.2) is 36.7 Å². The summed E-state index contributed by atoms with van der Waals surface area (Å²) in [6.07, 6.45) is 2.18. The lowest BCUT2D eigenvalue weighted by molar-refractivity contribution is 0.0690. The number of nitrogens with zero attached hydrogens (tertiary/aromatic N) is 2. The summed E-state index contributed by atoms with van der Waals surface area (Å²) in [7, 11) is 0. The molecule has 2 aromatic heterocycles. The van der Waals surface area contributed by atoms with Crippen LogP contribution < -0.4 is 5.32 Å². The van der Waals surface area contributed by atoms with Crippen molar-refractivity contribution in [2.24, 2.45) is 0 Å². The molecule has 19 heavy (non-hydrogen) atoms. The molecular weight excluding hydrogens is 253 g/mol. The first kappa shape index (κ1) is 12.6. The monoisotopic (exact) mass is 261 g/mol. The Labute approximate surface area is 106 Å². The molecular formula is C12H8FN3O3. The summed E-state index contributed by atoms with van der Waals surface area (Å²) in [6.45, 7) is 0. The van der Waals surface area contributed by atoms with Crippen LogP contribution in [0, 0.1) is 5.82 Å². The van der Waals surface area contributed by atoms with Crippen LogP contribution in [0.2, 0.25) is 0 Å². The SMILES string of the molecule is O=C(O)c1cc(NC(=O)c2ccc(F)cn2)ccn1. The van der Waals surface area contributed by atoms with E-state index < -0.39 is 17.7 Å². The van der Waals surface area contributed by atoms with Crippen molar-refractivity contribution in [3.05, 3.63) is 53.9 Å². The van der Waals surface area contributed by atoms with Crippen LogP contribution in [-0.4, -0.2) is 27.0 Å². The maximum absolute atomic E-state index is 12.7. The minimum Gasteiger partial charge on any atom is -0.477 e. The number of carboxylic acids is 1. The lowest BCUT2D eigenvalue weighted by Crippen LogP contribution is -2.14. The summed E-state index contributed by atoms with van der Waals surface area (Å²) in [5.41, 5.74) is 0.100. The molecule has 0 aliphatic carbocycles. The number of pyridine rings is 2. The molecule has 0 aromatic carbocycles. The number of halogens is 1. The molecule has 1 amide bonds. The van der Waals surface area contributed by atoms with Crippen LogP contribution in [0.25, 0.3) is 0 Å². The van der Waals surface area contributed by atoms with Gasteiger partial charge in [0.2, 0.25) is 0 Å². The molecule has 0 fully saturated rings. The van der Waals surface area contributed by atoms with Crippen molar-refractivity contribution < 1.29 is 19.1 Å². The van der Waals surface area contributed by atoms with Crippen molar-refractivity contribution in [1.29, 1.82) is 0 Å². The van der Waals surface area contributed by atoms with Gasteiger partial charge in [-0.2, -0.15) is 0 Å². The Kier molecular flexibility index (Phi) is 3.46. The van der Waals surface area contributed by atoms with Gasteiger partial charge in [-0.25, -0.2) is 19.2 Å². The normalized spacial score (nSPS) is 9.95. The molecule has 7 heteroatoms. The van der Waals surface area contributed by atoms with Crippen LogP contribution in [0.1, 0.15) is 21.0 Å². The Morgan fingerprint density at radius 2 is 1.95 bits per heavy atom. The number of nitrogens with one attached hydrogen (secondary N) is 1. The van der Waals surface area contributed by atoms with Crippen LogP contribution in [0.4, 0.5) is 10.1 Å². The third kappa shape index (κ3) is 3.09. The minimum atomic E-state index is -1.20. The summed E-state index contributed by atoms with van der Waals surface area (Å²) >= 11 is 0. The first-order valence-corrected chi connectivity index (χ1v) is 5.18. The van der Waals surface area contributed by atoms with Gasteiger partial charge < -0.3 is 10.4 Å². The first-order chi connectivity index (χ1) is 9.06. The molecule has 2 heterocycles. The molecule has 0 saturated carbocycles. The van der Waals surface area contributed by atoms with Crippen molar-refractivity contribution in [3.8, 4) is 0 Å². The molecule has 0 spiro atoms. The van der Waals surface area contributed by atoms with Gasteiger partial charge in [-0.1, -0.05) is 0 Å². The quantitative estimate of drug-likeness (QED) is 0.874. The number of anilines is 1. The molecule has 2 N–H and O–H groups in total. The van der Waals surface area contributed by atoms with Crippen molar-refractivity contribution in [3.63, 3.8) is 0 Å². The van der Waals surface area contributed by atoms with Crippen molar-refractivity contribution in [2.75, 3.05) is 5.32 Å². The fourth-order valence-electron chi connectivity index (χ4n) is 1.33. The highest BCUT2D eigenvalue weighted by molar-refractivity contribution is 6.03. The summed E-state index contributed by atoms with van der Waals surface area (Å²) in [4.78, 5) is 29.7. The minimum absolute atomic E-state index is 0.0232. The van der Waals surface area contributed by atoms with Gasteiger partial charge in [0.1, 0.15) is 17.2 Å². The third-order valence-electron chi connectivity index (χ3n) is 2.20. The number of hydrogen-bond donors (Lipinski definition) is 2. The van der Waals surface area contributed by atoms with E-state index in [9.17, 15) is 14.0 Å². The molecule has 0 saturated heterocycles. The Morgan fingerprint density at radius 1 is 1.16 bits per heavy atom. The highest BCUT2D eigenvalue weighted by Crippen LogP contribution is 2.09. The number of aromatic nitrogens is 2. The maximum Gasteiger partial charge on any atom is 0.354 e. The van der Waals surface area contributed by atoms with E-state index in [2.05, 4.69) is 15.3 Å². The molecule has 0 aliphatic rings. The van der Waals surface area contributed by atoms with E-state index in [1.807, 2.05) is 0 Å². The highest BCUT2D eigenvalue weighted by Gasteiger charge is 2.10. The Bertz CT molecular complexity index is 628. The summed E-state index contributed by atoms with van der Waals surface area (Å²) < 4.78 is 12.7. The average molecular weight is 261 g/mol. The van der Waals surface area contributed by atoms with E-state index >= 15 is 0 Å². The smallest absolute Gasteiger partial charge is 0.354 e. The van der Waals surface area contributed by atoms with Gasteiger partial charge in [-0.15, -0.1) is 0 Å². The predicted octanol–water partition coefficient (Wildman–Crippen LogP) is 1.57. The molecule has 2 rings (SSSR count). The number of hydrogen-bond acceptors (Lipinski definition) is 4. The van der Waals surface area contributed by atoms with Crippen molar-refractivity contribution in [1.82, 2.24) is 9.97 Å². The van der Waals surface area contributed by atoms with Gasteiger partial charge >= 0.3 is 5.97 Å². The lowest BCUT2D eigenvalue weighted by atomic mass is 10.3. The standard InChI is InChI=1S/C12H8FN3O3/c13-7-1-2-9(15-6-7)11(17)16-8-3-4-14-10(5-8)12(18)19/h1-6H,(H,18,19)(H,14,16,17). The molecule has 0 aliphatic heterocycles. The maximum atomic E-state index is 12.7. The topological polar surface area (TPSA) is 92.2 Å². The molecule has 96 valence electrons. The Balaban J connectivity index is 2.17. The average Bonchev–Trinajstić information content (AvgIpc) is 2.39. The second-order valence-electron chi connectivity index (χ2n) is 3.55. The van der Waals surface area contributed by atoms with E-state index in [1.165, 1.54) is 24.4 Å². The summed E-state index contributed by atoms with van der Waals surface area (Å²) in [6, 6.07) is 4.98. The molecule has 0 unspecified atom stereocenters. The predicted molar refractivity (Wildman–Crippen MR) is 63.3 cm³/mol. The van der Waals surface area contributed by atoms with E-state index in [0.717, 1.165) is 12.3 Å². The number of carbonyl (C=O) groups excluding carboxylic acids is 1. The molecule has 6 nitrogen and oxygen atoms in total. The van der Waals surface area contributed by atoms with Gasteiger partial charge in [0.25, 0.3) is 5.91 Å². The van der Waals surface area contributed by atoms with E-state index in [4.69, 9.17) is 5.11 Å². The number of aromatic carboxylic acids is 1. The fraction of sp³-hybridized carbons (Fsp3) is 0. The van der Waals surface area contributed by atoms with Gasteiger partial charge in [0.05, 0.1) is 6.20 Å². The summed E-state index contributed by atoms with van der Waals surface area (Å²) in [5.74, 6) is -2.31. The molecule has 2 aromatic rings. The van der Waals surface area contributed by atoms with Crippen LogP contribution in [0.5, 0.6) is 0 Å². The molecule has 0 radical (unpaired) electrons. The first-order valence-electron chi connectivity index (χ1n) is 5.18. The van der Waals surface area contributed by atoms with Gasteiger partial charge in [-0.05, 0) is 24.3 Å². The molecule has 0 atom stereocenters. The van der Waals surface area contributed by atoms with E-state index in [-0.39, 0.29) is 17.1 Å². The zero-order chi connectivity index (χ0) is 13.8. The zero-order valence-corrected chi connectivity index (χ0v) is 9.50. The fourth-order valence-corrected chi connectivity index (χ4v) is 1.33. The number of amides is 1. The Morgan fingerprint density at radius 3 is 2.58 bits per heavy atom. The van der Waals surface area contributed by atoms with Gasteiger partial charge in [0.15, 0.2) is 0 Å². The van der Waals surface area contributed by atoms with Crippen molar-refractivity contribution >= 4 is 17.6 Å². The Hall–Kier alpha value is -2.83. The van der Waals surface area contributed by atoms with Crippen LogP contribution in [0.3, 0.4) is 0 Å². The highest BCUT2D eigenvalue weighted by atomic mass is 19.1. The number of carboxylic acid groups (broad SMARTS) is 1. The summed E-state index contributed by atoms with van der Waals surface area (Å²) in [5, 5.41) is 11.2. The van der Waals surface area contributed by atoms with E-state index in [1.54, 1.807) is 0 Å². The molecule has 0 bridgehead atoms. The van der Waals surface area contributed by atoms with Crippen LogP contribution >= 0.6 is 0 Å². The number of rotatable bonds is 3. The van der Waals surface area contributed by atoms with Gasteiger partial charge in [-0.3, -0.25) is 4.79 Å². The second-order valence-corrected chi connectivity index (χ2v) is 3.55. The van der Waals surface area contributed by atoms with E-state index in [0.29, 0.717) is 0 Å². The van der Waals surface area contributed by atoms with Crippen molar-refractivity contribution in [2.45, 2.75) is 0 Å². The largest absolute Gasteiger partial charge is 0.477 e. The van der Waals surface area contributed by atoms with Crippen LogP contribution in [-0.2, 0) is 0 Å². The zero-order valence-electron chi connectivity index (χ0n) is 9.50. The lowest BCUT2D eigenvalue weighted by Gasteiger charge is -2.04.